The van der Waals surface area contributed by atoms with E-state index in [1.807, 2.05) is 17.0 Å². The molecule has 0 aromatic carbocycles. The van der Waals surface area contributed by atoms with Crippen molar-refractivity contribution in [3.63, 3.8) is 0 Å². The third-order valence-electron chi connectivity index (χ3n) is 2.98. The summed E-state index contributed by atoms with van der Waals surface area (Å²) < 4.78 is 1.93. The van der Waals surface area contributed by atoms with Gasteiger partial charge in [-0.1, -0.05) is 5.57 Å². The highest BCUT2D eigenvalue weighted by atomic mass is 16.1. The van der Waals surface area contributed by atoms with E-state index in [1.54, 1.807) is 0 Å². The van der Waals surface area contributed by atoms with Crippen molar-refractivity contribution in [3.05, 3.63) is 29.6 Å². The molecule has 1 aliphatic rings. The van der Waals surface area contributed by atoms with E-state index in [0.29, 0.717) is 0 Å². The monoisotopic (exact) mass is 218 g/mol. The van der Waals surface area contributed by atoms with Crippen LogP contribution in [0.4, 0.5) is 0 Å². The fraction of sp³-hybridized carbons (Fsp3) is 0.538. The molecule has 3 heteroatoms. The maximum atomic E-state index is 11.4. The first-order valence-corrected chi connectivity index (χ1v) is 6.01. The van der Waals surface area contributed by atoms with Crippen molar-refractivity contribution in [1.29, 1.82) is 0 Å². The number of hydrogen-bond acceptors (Lipinski definition) is 2. The predicted molar refractivity (Wildman–Crippen MR) is 63.2 cm³/mol. The molecule has 86 valence electrons. The zero-order valence-electron chi connectivity index (χ0n) is 9.78. The highest BCUT2D eigenvalue weighted by Crippen LogP contribution is 2.19. The molecule has 0 saturated heterocycles. The van der Waals surface area contributed by atoms with E-state index in [4.69, 9.17) is 0 Å². The number of carbonyl (C=O) groups is 1. The lowest BCUT2D eigenvalue weighted by Crippen LogP contribution is -1.94. The normalized spacial score (nSPS) is 17.1. The Morgan fingerprint density at radius 3 is 2.94 bits per heavy atom. The van der Waals surface area contributed by atoms with E-state index in [2.05, 4.69) is 18.2 Å². The molecule has 1 aliphatic carbocycles. The first-order valence-electron chi connectivity index (χ1n) is 6.01. The van der Waals surface area contributed by atoms with Crippen LogP contribution in [0.1, 0.15) is 38.2 Å². The number of aromatic nitrogens is 2. The number of rotatable bonds is 3. The van der Waals surface area contributed by atoms with Crippen LogP contribution in [-0.4, -0.2) is 15.6 Å². The van der Waals surface area contributed by atoms with Crippen molar-refractivity contribution < 1.29 is 4.79 Å². The van der Waals surface area contributed by atoms with Gasteiger partial charge < -0.3 is 0 Å². The van der Waals surface area contributed by atoms with Crippen molar-refractivity contribution in [2.24, 2.45) is 0 Å². The Bertz CT molecular complexity index is 404. The summed E-state index contributed by atoms with van der Waals surface area (Å²) in [4.78, 5) is 11.4. The summed E-state index contributed by atoms with van der Waals surface area (Å²) in [5.74, 6) is 0.287. The number of aryl methyl sites for hydroxylation is 1. The van der Waals surface area contributed by atoms with Gasteiger partial charge in [-0.3, -0.25) is 9.48 Å². The molecule has 0 radical (unpaired) electrons. The van der Waals surface area contributed by atoms with E-state index in [9.17, 15) is 4.79 Å². The van der Waals surface area contributed by atoms with Gasteiger partial charge in [-0.2, -0.15) is 5.10 Å². The van der Waals surface area contributed by atoms with Crippen LogP contribution < -0.4 is 0 Å². The minimum absolute atomic E-state index is 0.287. The fourth-order valence-electron chi connectivity index (χ4n) is 2.10. The lowest BCUT2D eigenvalue weighted by atomic mass is 10.0. The molecule has 0 unspecified atom stereocenters. The molecule has 0 spiro atoms. The zero-order chi connectivity index (χ0) is 11.4. The molecular weight excluding hydrogens is 200 g/mol. The smallest absolute Gasteiger partial charge is 0.155 e. The van der Waals surface area contributed by atoms with Crippen molar-refractivity contribution in [2.45, 2.75) is 45.6 Å². The van der Waals surface area contributed by atoms with Crippen LogP contribution in [-0.2, 0) is 17.8 Å². The predicted octanol–water partition coefficient (Wildman–Crippen LogP) is 2.52. The summed E-state index contributed by atoms with van der Waals surface area (Å²) in [6, 6.07) is 0. The van der Waals surface area contributed by atoms with Crippen LogP contribution in [0.3, 0.4) is 0 Å². The van der Waals surface area contributed by atoms with Crippen LogP contribution in [0.25, 0.3) is 0 Å². The molecule has 0 fully saturated rings. The van der Waals surface area contributed by atoms with Crippen molar-refractivity contribution in [1.82, 2.24) is 9.78 Å². The van der Waals surface area contributed by atoms with Crippen LogP contribution in [0.5, 0.6) is 0 Å². The lowest BCUT2D eigenvalue weighted by Gasteiger charge is -2.01. The number of carbonyl (C=O) groups excluding carboxylic acids is 1. The van der Waals surface area contributed by atoms with Gasteiger partial charge in [-0.25, -0.2) is 0 Å². The van der Waals surface area contributed by atoms with E-state index < -0.39 is 0 Å². The molecule has 0 atom stereocenters. The average Bonchev–Trinajstić information content (AvgIpc) is 2.62. The molecule has 2 rings (SSSR count). The van der Waals surface area contributed by atoms with Gasteiger partial charge in [0.05, 0.1) is 6.20 Å². The summed E-state index contributed by atoms with van der Waals surface area (Å²) in [7, 11) is 0. The fourth-order valence-corrected chi connectivity index (χ4v) is 2.10. The standard InChI is InChI=1S/C13H18N2O/c1-2-15-10-12(9-14-15)7-11-5-3-4-6-13(16)8-11/h8-10H,2-7H2,1H3. The minimum Gasteiger partial charge on any atom is -0.295 e. The minimum atomic E-state index is 0.287. The number of ketones is 1. The second-order valence-electron chi connectivity index (χ2n) is 4.36. The maximum absolute atomic E-state index is 11.4. The van der Waals surface area contributed by atoms with Gasteiger partial charge in [0.1, 0.15) is 0 Å². The van der Waals surface area contributed by atoms with Gasteiger partial charge in [-0.15, -0.1) is 0 Å². The lowest BCUT2D eigenvalue weighted by molar-refractivity contribution is -0.114. The second-order valence-corrected chi connectivity index (χ2v) is 4.36. The van der Waals surface area contributed by atoms with Crippen LogP contribution in [0.15, 0.2) is 24.0 Å². The molecule has 0 bridgehead atoms. The summed E-state index contributed by atoms with van der Waals surface area (Å²) >= 11 is 0. The average molecular weight is 218 g/mol. The van der Waals surface area contributed by atoms with E-state index >= 15 is 0 Å². The Balaban J connectivity index is 2.05. The molecule has 0 N–H and O–H groups in total. The Hall–Kier alpha value is -1.38. The maximum Gasteiger partial charge on any atom is 0.155 e. The van der Waals surface area contributed by atoms with Gasteiger partial charge in [0.25, 0.3) is 0 Å². The molecule has 1 aromatic heterocycles. The van der Waals surface area contributed by atoms with Crippen LogP contribution in [0.2, 0.25) is 0 Å². The number of hydrogen-bond donors (Lipinski definition) is 0. The van der Waals surface area contributed by atoms with Gasteiger partial charge in [0.15, 0.2) is 5.78 Å². The SMILES string of the molecule is CCn1cc(CC2=CC(=O)CCCC2)cn1. The molecule has 0 amide bonds. The highest BCUT2D eigenvalue weighted by molar-refractivity contribution is 5.90. The third kappa shape index (κ3) is 2.81. The molecule has 1 heterocycles. The van der Waals surface area contributed by atoms with Gasteiger partial charge in [0, 0.05) is 19.2 Å². The number of allylic oxidation sites excluding steroid dienone is 2. The van der Waals surface area contributed by atoms with Gasteiger partial charge >= 0.3 is 0 Å². The summed E-state index contributed by atoms with van der Waals surface area (Å²) in [5, 5.41) is 4.25. The third-order valence-corrected chi connectivity index (χ3v) is 2.98. The van der Waals surface area contributed by atoms with Crippen LogP contribution >= 0.6 is 0 Å². The van der Waals surface area contributed by atoms with E-state index in [0.717, 1.165) is 38.6 Å². The van der Waals surface area contributed by atoms with Crippen molar-refractivity contribution in [2.75, 3.05) is 0 Å². The Morgan fingerprint density at radius 2 is 2.19 bits per heavy atom. The van der Waals surface area contributed by atoms with Gasteiger partial charge in [-0.05, 0) is 44.2 Å². The van der Waals surface area contributed by atoms with Crippen molar-refractivity contribution in [3.8, 4) is 0 Å². The largest absolute Gasteiger partial charge is 0.295 e. The Kier molecular flexibility index (Phi) is 3.54. The quantitative estimate of drug-likeness (QED) is 0.781. The molecule has 3 nitrogen and oxygen atoms in total. The molecule has 1 aromatic rings. The molecular formula is C13H18N2O. The molecule has 0 aliphatic heterocycles. The molecule has 0 saturated carbocycles. The Morgan fingerprint density at radius 1 is 1.38 bits per heavy atom. The summed E-state index contributed by atoms with van der Waals surface area (Å²) in [6.07, 6.45) is 10.6. The second kappa shape index (κ2) is 5.10. The van der Waals surface area contributed by atoms with Crippen molar-refractivity contribution >= 4 is 5.78 Å². The first kappa shape index (κ1) is 11.1. The van der Waals surface area contributed by atoms with Crippen LogP contribution in [0, 0.1) is 0 Å². The number of nitrogens with zero attached hydrogens (tertiary/aromatic N) is 2. The summed E-state index contributed by atoms with van der Waals surface area (Å²) in [6.45, 7) is 2.98. The van der Waals surface area contributed by atoms with E-state index in [-0.39, 0.29) is 5.78 Å². The highest BCUT2D eigenvalue weighted by Gasteiger charge is 2.09. The first-order chi connectivity index (χ1) is 7.78. The van der Waals surface area contributed by atoms with E-state index in [1.165, 1.54) is 11.1 Å². The molecule has 16 heavy (non-hydrogen) atoms. The summed E-state index contributed by atoms with van der Waals surface area (Å²) in [5.41, 5.74) is 2.47. The zero-order valence-corrected chi connectivity index (χ0v) is 9.78. The Labute approximate surface area is 96.2 Å². The topological polar surface area (TPSA) is 34.9 Å². The van der Waals surface area contributed by atoms with Gasteiger partial charge in [0.2, 0.25) is 0 Å².